The molecule has 3 aromatic rings. The lowest BCUT2D eigenvalue weighted by Gasteiger charge is -2.17. The highest BCUT2D eigenvalue weighted by Crippen LogP contribution is 2.24. The molecule has 2 heterocycles. The van der Waals surface area contributed by atoms with E-state index >= 15 is 0 Å². The second-order valence-corrected chi connectivity index (χ2v) is 7.58. The maximum atomic E-state index is 12.5. The van der Waals surface area contributed by atoms with E-state index < -0.39 is 17.9 Å². The number of rotatable bonds is 7. The number of para-hydroxylation sites is 1. The summed E-state index contributed by atoms with van der Waals surface area (Å²) in [6, 6.07) is 9.05. The molecule has 2 aromatic heterocycles. The molecule has 1 N–H and O–H groups in total. The van der Waals surface area contributed by atoms with Crippen molar-refractivity contribution in [2.45, 2.75) is 26.3 Å². The van der Waals surface area contributed by atoms with E-state index in [0.29, 0.717) is 11.4 Å². The zero-order valence-electron chi connectivity index (χ0n) is 16.0. The SMILES string of the molecule is COC(=O)C(CC(C)C)NC(=O)c1csc(-c2cnn(-c3ccccc3)c2)n1. The number of esters is 1. The Balaban J connectivity index is 1.74. The normalized spacial score (nSPS) is 12.0. The van der Waals surface area contributed by atoms with E-state index in [-0.39, 0.29) is 11.6 Å². The van der Waals surface area contributed by atoms with Crippen molar-refractivity contribution in [2.24, 2.45) is 5.92 Å². The summed E-state index contributed by atoms with van der Waals surface area (Å²) in [5, 5.41) is 9.44. The van der Waals surface area contributed by atoms with Crippen LogP contribution in [-0.4, -0.2) is 39.8 Å². The minimum atomic E-state index is -0.691. The second kappa shape index (κ2) is 8.79. The molecule has 1 atom stereocenters. The number of carbonyl (C=O) groups is 2. The average Bonchev–Trinajstić information content (AvgIpc) is 3.36. The number of methoxy groups -OCH3 is 1. The quantitative estimate of drug-likeness (QED) is 0.617. The van der Waals surface area contributed by atoms with Gasteiger partial charge in [0.25, 0.3) is 5.91 Å². The van der Waals surface area contributed by atoms with E-state index in [9.17, 15) is 9.59 Å². The fourth-order valence-electron chi connectivity index (χ4n) is 2.73. The van der Waals surface area contributed by atoms with Crippen LogP contribution in [0.15, 0.2) is 48.1 Å². The molecule has 146 valence electrons. The van der Waals surface area contributed by atoms with E-state index in [1.165, 1.54) is 18.4 Å². The number of carbonyl (C=O) groups excluding carboxylic acids is 2. The van der Waals surface area contributed by atoms with Crippen molar-refractivity contribution >= 4 is 23.2 Å². The van der Waals surface area contributed by atoms with Gasteiger partial charge >= 0.3 is 5.97 Å². The Kier molecular flexibility index (Phi) is 6.20. The Hall–Kier alpha value is -3.00. The smallest absolute Gasteiger partial charge is 0.328 e. The predicted molar refractivity (Wildman–Crippen MR) is 107 cm³/mol. The summed E-state index contributed by atoms with van der Waals surface area (Å²) >= 11 is 1.35. The Morgan fingerprint density at radius 3 is 2.68 bits per heavy atom. The summed E-state index contributed by atoms with van der Waals surface area (Å²) in [5.74, 6) is -0.616. The van der Waals surface area contributed by atoms with Crippen LogP contribution in [0.4, 0.5) is 0 Å². The van der Waals surface area contributed by atoms with E-state index in [1.807, 2.05) is 50.4 Å². The van der Waals surface area contributed by atoms with Crippen molar-refractivity contribution in [1.29, 1.82) is 0 Å². The number of benzene rings is 1. The van der Waals surface area contributed by atoms with Crippen LogP contribution < -0.4 is 5.32 Å². The molecule has 0 fully saturated rings. The van der Waals surface area contributed by atoms with Gasteiger partial charge in [-0.3, -0.25) is 4.79 Å². The first-order valence-electron chi connectivity index (χ1n) is 8.92. The highest BCUT2D eigenvalue weighted by Gasteiger charge is 2.24. The number of ether oxygens (including phenoxy) is 1. The van der Waals surface area contributed by atoms with Gasteiger partial charge in [-0.1, -0.05) is 32.0 Å². The lowest BCUT2D eigenvalue weighted by molar-refractivity contribution is -0.143. The molecular weight excluding hydrogens is 376 g/mol. The van der Waals surface area contributed by atoms with E-state index in [0.717, 1.165) is 11.3 Å². The molecule has 1 unspecified atom stereocenters. The van der Waals surface area contributed by atoms with Gasteiger partial charge in [-0.25, -0.2) is 14.5 Å². The highest BCUT2D eigenvalue weighted by molar-refractivity contribution is 7.13. The number of aromatic nitrogens is 3. The Morgan fingerprint density at radius 2 is 2.00 bits per heavy atom. The van der Waals surface area contributed by atoms with Gasteiger partial charge in [-0.15, -0.1) is 11.3 Å². The topological polar surface area (TPSA) is 86.1 Å². The largest absolute Gasteiger partial charge is 0.467 e. The Bertz CT molecular complexity index is 949. The molecule has 7 nitrogen and oxygen atoms in total. The van der Waals surface area contributed by atoms with Crippen LogP contribution in [0.3, 0.4) is 0 Å². The minimum Gasteiger partial charge on any atom is -0.467 e. The molecule has 0 spiro atoms. The number of amides is 1. The first-order chi connectivity index (χ1) is 13.5. The molecule has 1 amide bonds. The van der Waals surface area contributed by atoms with Gasteiger partial charge in [0.1, 0.15) is 16.7 Å². The predicted octanol–water partition coefficient (Wildman–Crippen LogP) is 3.31. The fourth-order valence-corrected chi connectivity index (χ4v) is 3.50. The molecule has 0 aliphatic rings. The van der Waals surface area contributed by atoms with Crippen LogP contribution in [0.2, 0.25) is 0 Å². The summed E-state index contributed by atoms with van der Waals surface area (Å²) in [5.41, 5.74) is 2.03. The van der Waals surface area contributed by atoms with Gasteiger partial charge in [0, 0.05) is 17.1 Å². The number of hydrogen-bond donors (Lipinski definition) is 1. The zero-order valence-corrected chi connectivity index (χ0v) is 16.8. The van der Waals surface area contributed by atoms with Crippen LogP contribution >= 0.6 is 11.3 Å². The molecule has 0 saturated carbocycles. The number of nitrogens with zero attached hydrogens (tertiary/aromatic N) is 3. The second-order valence-electron chi connectivity index (χ2n) is 6.73. The Labute approximate surface area is 167 Å². The minimum absolute atomic E-state index is 0.235. The van der Waals surface area contributed by atoms with Gasteiger partial charge in [0.05, 0.1) is 19.0 Å². The first-order valence-corrected chi connectivity index (χ1v) is 9.80. The standard InChI is InChI=1S/C20H22N4O3S/c1-13(2)9-16(20(26)27-3)22-18(25)17-12-28-19(23-17)14-10-21-24(11-14)15-7-5-4-6-8-15/h4-8,10-13,16H,9H2,1-3H3,(H,22,25). The maximum Gasteiger partial charge on any atom is 0.328 e. The number of nitrogens with one attached hydrogen (secondary N) is 1. The van der Waals surface area contributed by atoms with Crippen LogP contribution in [0.1, 0.15) is 30.8 Å². The maximum absolute atomic E-state index is 12.5. The van der Waals surface area contributed by atoms with Gasteiger partial charge in [-0.05, 0) is 24.5 Å². The van der Waals surface area contributed by atoms with E-state index in [2.05, 4.69) is 15.4 Å². The lowest BCUT2D eigenvalue weighted by atomic mass is 10.0. The Morgan fingerprint density at radius 1 is 1.25 bits per heavy atom. The van der Waals surface area contributed by atoms with Crippen LogP contribution in [0, 0.1) is 5.92 Å². The zero-order chi connectivity index (χ0) is 20.1. The van der Waals surface area contributed by atoms with Crippen molar-refractivity contribution < 1.29 is 14.3 Å². The number of thiazole rings is 1. The van der Waals surface area contributed by atoms with Crippen LogP contribution in [0.25, 0.3) is 16.3 Å². The molecule has 1 aromatic carbocycles. The molecule has 0 radical (unpaired) electrons. The molecule has 8 heteroatoms. The monoisotopic (exact) mass is 398 g/mol. The summed E-state index contributed by atoms with van der Waals surface area (Å²) < 4.78 is 6.54. The number of hydrogen-bond acceptors (Lipinski definition) is 6. The van der Waals surface area contributed by atoms with Crippen LogP contribution in [0.5, 0.6) is 0 Å². The third-order valence-corrected chi connectivity index (χ3v) is 4.98. The van der Waals surface area contributed by atoms with Gasteiger partial charge in [0.2, 0.25) is 0 Å². The van der Waals surface area contributed by atoms with Crippen molar-refractivity contribution in [3.8, 4) is 16.3 Å². The van der Waals surface area contributed by atoms with Gasteiger partial charge in [0.15, 0.2) is 0 Å². The third kappa shape index (κ3) is 4.64. The molecule has 0 aliphatic carbocycles. The summed E-state index contributed by atoms with van der Waals surface area (Å²) in [6.45, 7) is 3.96. The van der Waals surface area contributed by atoms with Crippen molar-refractivity contribution in [2.75, 3.05) is 7.11 Å². The third-order valence-electron chi connectivity index (χ3n) is 4.09. The summed E-state index contributed by atoms with van der Waals surface area (Å²) in [6.07, 6.45) is 4.08. The fraction of sp³-hybridized carbons (Fsp3) is 0.300. The van der Waals surface area contributed by atoms with E-state index in [4.69, 9.17) is 4.74 Å². The first kappa shape index (κ1) is 19.8. The van der Waals surface area contributed by atoms with Gasteiger partial charge < -0.3 is 10.1 Å². The van der Waals surface area contributed by atoms with Crippen LogP contribution in [-0.2, 0) is 9.53 Å². The molecular formula is C20H22N4O3S. The van der Waals surface area contributed by atoms with Crippen molar-refractivity contribution in [3.05, 3.63) is 53.8 Å². The highest BCUT2D eigenvalue weighted by atomic mass is 32.1. The van der Waals surface area contributed by atoms with E-state index in [1.54, 1.807) is 16.3 Å². The molecule has 3 rings (SSSR count). The summed E-state index contributed by atoms with van der Waals surface area (Å²) in [4.78, 5) is 28.9. The van der Waals surface area contributed by atoms with Crippen molar-refractivity contribution in [3.63, 3.8) is 0 Å². The molecule has 28 heavy (non-hydrogen) atoms. The molecule has 0 aliphatic heterocycles. The molecule has 0 bridgehead atoms. The average molecular weight is 398 g/mol. The van der Waals surface area contributed by atoms with Crippen molar-refractivity contribution in [1.82, 2.24) is 20.1 Å². The lowest BCUT2D eigenvalue weighted by Crippen LogP contribution is -2.42. The van der Waals surface area contributed by atoms with Gasteiger partial charge in [-0.2, -0.15) is 5.10 Å². The molecule has 0 saturated heterocycles. The summed E-state index contributed by atoms with van der Waals surface area (Å²) in [7, 11) is 1.31.